The van der Waals surface area contributed by atoms with Crippen LogP contribution in [-0.2, 0) is 9.53 Å². The van der Waals surface area contributed by atoms with Crippen LogP contribution in [0.3, 0.4) is 0 Å². The summed E-state index contributed by atoms with van der Waals surface area (Å²) in [7, 11) is 0. The summed E-state index contributed by atoms with van der Waals surface area (Å²) < 4.78 is 19.0. The van der Waals surface area contributed by atoms with Crippen LogP contribution in [0.1, 0.15) is 31.9 Å². The first-order valence-corrected chi connectivity index (χ1v) is 8.46. The summed E-state index contributed by atoms with van der Waals surface area (Å²) in [4.78, 5) is 23.9. The summed E-state index contributed by atoms with van der Waals surface area (Å²) >= 11 is 0. The Morgan fingerprint density at radius 1 is 1.14 bits per heavy atom. The van der Waals surface area contributed by atoms with E-state index in [1.807, 2.05) is 6.07 Å². The lowest BCUT2D eigenvalue weighted by molar-refractivity contribution is -0.111. The topological polar surface area (TPSA) is 91.2 Å². The summed E-state index contributed by atoms with van der Waals surface area (Å²) in [5.74, 6) is -1.13. The first-order chi connectivity index (χ1) is 13.2. The van der Waals surface area contributed by atoms with Crippen molar-refractivity contribution in [1.82, 2.24) is 0 Å². The second-order valence-electron chi connectivity index (χ2n) is 6.84. The molecule has 0 radical (unpaired) electrons. The SMILES string of the molecule is CC(C)(C)OC(=O)Nc1cc(NC(=O)/C=C/c2ccccc2C#N)ccc1F. The smallest absolute Gasteiger partial charge is 0.412 e. The van der Waals surface area contributed by atoms with Crippen LogP contribution in [0.15, 0.2) is 48.5 Å². The van der Waals surface area contributed by atoms with Gasteiger partial charge >= 0.3 is 6.09 Å². The molecule has 0 bridgehead atoms. The highest BCUT2D eigenvalue weighted by Crippen LogP contribution is 2.21. The Labute approximate surface area is 162 Å². The second kappa shape index (κ2) is 8.82. The van der Waals surface area contributed by atoms with Crippen molar-refractivity contribution in [3.05, 3.63) is 65.5 Å². The van der Waals surface area contributed by atoms with Gasteiger partial charge in [-0.05, 0) is 56.7 Å². The Balaban J connectivity index is 2.08. The number of carbonyl (C=O) groups excluding carboxylic acids is 2. The number of amides is 2. The molecule has 6 nitrogen and oxygen atoms in total. The Bertz CT molecular complexity index is 956. The number of nitrogens with zero attached hydrogens (tertiary/aromatic N) is 1. The number of anilines is 2. The Morgan fingerprint density at radius 3 is 2.54 bits per heavy atom. The number of hydrogen-bond acceptors (Lipinski definition) is 4. The van der Waals surface area contributed by atoms with Crippen LogP contribution >= 0.6 is 0 Å². The molecule has 0 aliphatic heterocycles. The van der Waals surface area contributed by atoms with Crippen molar-refractivity contribution in [2.45, 2.75) is 26.4 Å². The number of carbonyl (C=O) groups is 2. The van der Waals surface area contributed by atoms with Crippen LogP contribution in [0.4, 0.5) is 20.6 Å². The quantitative estimate of drug-likeness (QED) is 0.751. The van der Waals surface area contributed by atoms with Crippen molar-refractivity contribution in [3.63, 3.8) is 0 Å². The maximum Gasteiger partial charge on any atom is 0.412 e. The van der Waals surface area contributed by atoms with Crippen molar-refractivity contribution in [2.75, 3.05) is 10.6 Å². The van der Waals surface area contributed by atoms with Crippen LogP contribution in [0, 0.1) is 17.1 Å². The number of benzene rings is 2. The van der Waals surface area contributed by atoms with Crippen molar-refractivity contribution < 1.29 is 18.7 Å². The highest BCUT2D eigenvalue weighted by molar-refractivity contribution is 6.02. The molecular weight excluding hydrogens is 361 g/mol. The molecule has 0 saturated carbocycles. The van der Waals surface area contributed by atoms with E-state index in [0.29, 0.717) is 11.1 Å². The van der Waals surface area contributed by atoms with Crippen molar-refractivity contribution in [3.8, 4) is 6.07 Å². The number of ether oxygens (including phenoxy) is 1. The zero-order valence-corrected chi connectivity index (χ0v) is 15.7. The van der Waals surface area contributed by atoms with Gasteiger partial charge in [0.1, 0.15) is 11.4 Å². The van der Waals surface area contributed by atoms with Crippen molar-refractivity contribution >= 4 is 29.5 Å². The molecule has 0 spiro atoms. The lowest BCUT2D eigenvalue weighted by atomic mass is 10.1. The van der Waals surface area contributed by atoms with Gasteiger partial charge in [0.05, 0.1) is 17.3 Å². The number of nitriles is 1. The Kier molecular flexibility index (Phi) is 6.51. The number of nitrogens with one attached hydrogen (secondary N) is 2. The summed E-state index contributed by atoms with van der Waals surface area (Å²) in [5.41, 5.74) is 0.488. The van der Waals surface area contributed by atoms with Crippen LogP contribution < -0.4 is 10.6 Å². The molecule has 0 aliphatic carbocycles. The molecule has 2 aromatic rings. The van der Waals surface area contributed by atoms with Crippen molar-refractivity contribution in [2.24, 2.45) is 0 Å². The average Bonchev–Trinajstić information content (AvgIpc) is 2.61. The fourth-order valence-corrected chi connectivity index (χ4v) is 2.21. The van der Waals surface area contributed by atoms with Gasteiger partial charge in [0.2, 0.25) is 5.91 Å². The fourth-order valence-electron chi connectivity index (χ4n) is 2.21. The molecule has 0 heterocycles. The van der Waals surface area contributed by atoms with Crippen LogP contribution in [0.2, 0.25) is 0 Å². The van der Waals surface area contributed by atoms with E-state index < -0.39 is 23.4 Å². The van der Waals surface area contributed by atoms with E-state index in [2.05, 4.69) is 10.6 Å². The molecule has 0 aromatic heterocycles. The minimum atomic E-state index is -0.803. The molecular formula is C21H20FN3O3. The molecule has 2 rings (SSSR count). The lowest BCUT2D eigenvalue weighted by Crippen LogP contribution is -2.27. The van der Waals surface area contributed by atoms with Gasteiger partial charge in [-0.25, -0.2) is 9.18 Å². The van der Waals surface area contributed by atoms with Gasteiger partial charge in [-0.3, -0.25) is 10.1 Å². The molecule has 144 valence electrons. The number of rotatable bonds is 4. The average molecular weight is 381 g/mol. The monoisotopic (exact) mass is 381 g/mol. The Hall–Kier alpha value is -3.66. The van der Waals surface area contributed by atoms with Crippen LogP contribution in [0.5, 0.6) is 0 Å². The zero-order valence-electron chi connectivity index (χ0n) is 15.7. The first-order valence-electron chi connectivity index (χ1n) is 8.46. The summed E-state index contributed by atoms with van der Waals surface area (Å²) in [5, 5.41) is 13.9. The summed E-state index contributed by atoms with van der Waals surface area (Å²) in [6.07, 6.45) is 1.97. The van der Waals surface area contributed by atoms with Crippen LogP contribution in [-0.4, -0.2) is 17.6 Å². The summed E-state index contributed by atoms with van der Waals surface area (Å²) in [6, 6.07) is 12.7. The van der Waals surface area contributed by atoms with Gasteiger partial charge in [-0.1, -0.05) is 18.2 Å². The van der Waals surface area contributed by atoms with Gasteiger partial charge in [-0.15, -0.1) is 0 Å². The van der Waals surface area contributed by atoms with E-state index in [1.54, 1.807) is 45.0 Å². The highest BCUT2D eigenvalue weighted by Gasteiger charge is 2.17. The second-order valence-corrected chi connectivity index (χ2v) is 6.84. The maximum absolute atomic E-state index is 13.9. The molecule has 0 aliphatic rings. The molecule has 2 amide bonds. The van der Waals surface area contributed by atoms with Gasteiger partial charge in [0.25, 0.3) is 0 Å². The van der Waals surface area contributed by atoms with Gasteiger partial charge in [0, 0.05) is 11.8 Å². The van der Waals surface area contributed by atoms with Gasteiger partial charge in [0.15, 0.2) is 0 Å². The van der Waals surface area contributed by atoms with Gasteiger partial charge < -0.3 is 10.1 Å². The van der Waals surface area contributed by atoms with E-state index in [-0.39, 0.29) is 11.4 Å². The van der Waals surface area contributed by atoms with E-state index in [4.69, 9.17) is 10.00 Å². The maximum atomic E-state index is 13.9. The fraction of sp³-hybridized carbons (Fsp3) is 0.190. The van der Waals surface area contributed by atoms with E-state index in [0.717, 1.165) is 6.07 Å². The van der Waals surface area contributed by atoms with Gasteiger partial charge in [-0.2, -0.15) is 5.26 Å². The predicted octanol–water partition coefficient (Wildman–Crippen LogP) is 4.70. The third-order valence-electron chi connectivity index (χ3n) is 3.37. The third-order valence-corrected chi connectivity index (χ3v) is 3.37. The molecule has 0 atom stereocenters. The normalized spacial score (nSPS) is 11.0. The molecule has 0 unspecified atom stereocenters. The lowest BCUT2D eigenvalue weighted by Gasteiger charge is -2.20. The molecule has 0 saturated heterocycles. The van der Waals surface area contributed by atoms with E-state index in [1.165, 1.54) is 24.3 Å². The third kappa shape index (κ3) is 6.25. The number of hydrogen-bond donors (Lipinski definition) is 2. The molecule has 0 fully saturated rings. The standard InChI is InChI=1S/C21H20FN3O3/c1-21(2,3)28-20(27)25-18-12-16(9-10-17(18)22)24-19(26)11-8-14-6-4-5-7-15(14)13-23/h4-12H,1-3H3,(H,24,26)(H,25,27)/b11-8+. The van der Waals surface area contributed by atoms with Crippen LogP contribution in [0.25, 0.3) is 6.08 Å². The summed E-state index contributed by atoms with van der Waals surface area (Å²) in [6.45, 7) is 5.07. The van der Waals surface area contributed by atoms with E-state index >= 15 is 0 Å². The molecule has 7 heteroatoms. The molecule has 28 heavy (non-hydrogen) atoms. The minimum absolute atomic E-state index is 0.120. The highest BCUT2D eigenvalue weighted by atomic mass is 19.1. The molecule has 2 aromatic carbocycles. The number of halogens is 1. The zero-order chi connectivity index (χ0) is 20.7. The largest absolute Gasteiger partial charge is 0.444 e. The predicted molar refractivity (Wildman–Crippen MR) is 105 cm³/mol. The van der Waals surface area contributed by atoms with Crippen molar-refractivity contribution in [1.29, 1.82) is 5.26 Å². The van der Waals surface area contributed by atoms with E-state index in [9.17, 15) is 14.0 Å². The minimum Gasteiger partial charge on any atom is -0.444 e. The Morgan fingerprint density at radius 2 is 1.86 bits per heavy atom. The first kappa shape index (κ1) is 20.6. The molecule has 2 N–H and O–H groups in total.